The molecule has 3 heteroatoms. The summed E-state index contributed by atoms with van der Waals surface area (Å²) in [6.07, 6.45) is 1.80. The Hall–Kier alpha value is -2.68. The van der Waals surface area contributed by atoms with Gasteiger partial charge in [-0.15, -0.1) is 6.58 Å². The fourth-order valence-corrected chi connectivity index (χ4v) is 3.26. The van der Waals surface area contributed by atoms with Crippen molar-refractivity contribution in [1.29, 1.82) is 0 Å². The zero-order valence-corrected chi connectivity index (χ0v) is 14.0. The molecular weight excluding hydrogens is 298 g/mol. The molecule has 0 spiro atoms. The molecule has 1 aliphatic rings. The molecule has 122 valence electrons. The first-order valence-electron chi connectivity index (χ1n) is 8.14. The van der Waals surface area contributed by atoms with E-state index in [9.17, 15) is 4.79 Å². The third-order valence-corrected chi connectivity index (χ3v) is 4.57. The smallest absolute Gasteiger partial charge is 0.342 e. The van der Waals surface area contributed by atoms with Crippen molar-refractivity contribution in [2.45, 2.75) is 25.3 Å². The van der Waals surface area contributed by atoms with Gasteiger partial charge < -0.3 is 4.74 Å². The lowest BCUT2D eigenvalue weighted by Crippen LogP contribution is -2.44. The number of ether oxygens (including phenoxy) is 1. The molecule has 2 aromatic rings. The highest BCUT2D eigenvalue weighted by atomic mass is 16.6. The van der Waals surface area contributed by atoms with Crippen LogP contribution in [-0.4, -0.2) is 17.4 Å². The van der Waals surface area contributed by atoms with Gasteiger partial charge in [0.1, 0.15) is 0 Å². The van der Waals surface area contributed by atoms with Gasteiger partial charge in [0, 0.05) is 11.5 Å². The molecule has 0 bridgehead atoms. The van der Waals surface area contributed by atoms with E-state index < -0.39 is 5.54 Å². The molecule has 0 aliphatic carbocycles. The van der Waals surface area contributed by atoms with E-state index in [-0.39, 0.29) is 17.8 Å². The van der Waals surface area contributed by atoms with Crippen LogP contribution in [0.1, 0.15) is 30.9 Å². The van der Waals surface area contributed by atoms with Crippen molar-refractivity contribution in [1.82, 2.24) is 0 Å². The van der Waals surface area contributed by atoms with Crippen LogP contribution in [0.5, 0.6) is 0 Å². The molecule has 1 heterocycles. The van der Waals surface area contributed by atoms with Gasteiger partial charge in [0.15, 0.2) is 5.54 Å². The van der Waals surface area contributed by atoms with Gasteiger partial charge in [-0.05, 0) is 23.6 Å². The maximum Gasteiger partial charge on any atom is 0.342 e. The minimum Gasteiger partial charge on any atom is -0.405 e. The summed E-state index contributed by atoms with van der Waals surface area (Å²) in [5.41, 5.74) is 0.828. The monoisotopic (exact) mass is 319 g/mol. The van der Waals surface area contributed by atoms with Crippen LogP contribution in [-0.2, 0) is 9.53 Å². The van der Waals surface area contributed by atoms with Crippen LogP contribution >= 0.6 is 0 Å². The molecule has 2 atom stereocenters. The number of hydrogen-bond donors (Lipinski definition) is 0. The number of carbonyl (C=O) groups is 1. The number of aliphatic imine (C=N–C) groups is 1. The summed E-state index contributed by atoms with van der Waals surface area (Å²) in [6, 6.07) is 19.4. The minimum atomic E-state index is -0.992. The van der Waals surface area contributed by atoms with E-state index in [4.69, 9.17) is 9.73 Å². The second-order valence-electron chi connectivity index (χ2n) is 6.28. The first-order valence-corrected chi connectivity index (χ1v) is 8.14. The highest BCUT2D eigenvalue weighted by Gasteiger charge is 2.53. The molecule has 0 N–H and O–H groups in total. The standard InChI is InChI=1S/C21H21NO2/c1-4-18(16-11-7-5-8-12-16)21(15(2)3)20(23)24-19(22-21)17-13-9-6-10-14-17/h4-15,18H,1H2,2-3H3/t18-,21+/m1/s1. The zero-order chi connectivity index (χ0) is 17.2. The molecular formula is C21H21NO2. The van der Waals surface area contributed by atoms with Crippen LogP contribution in [0.2, 0.25) is 0 Å². The Morgan fingerprint density at radius 3 is 2.17 bits per heavy atom. The Bertz CT molecular complexity index is 765. The molecule has 0 radical (unpaired) electrons. The molecule has 0 saturated carbocycles. The van der Waals surface area contributed by atoms with Crippen LogP contribution in [0.25, 0.3) is 0 Å². The second-order valence-corrected chi connectivity index (χ2v) is 6.28. The number of rotatable bonds is 5. The van der Waals surface area contributed by atoms with Crippen molar-refractivity contribution in [2.75, 3.05) is 0 Å². The Morgan fingerprint density at radius 2 is 1.62 bits per heavy atom. The van der Waals surface area contributed by atoms with E-state index in [1.165, 1.54) is 0 Å². The van der Waals surface area contributed by atoms with Gasteiger partial charge in [-0.25, -0.2) is 9.79 Å². The molecule has 24 heavy (non-hydrogen) atoms. The fourth-order valence-electron chi connectivity index (χ4n) is 3.26. The third kappa shape index (κ3) is 2.56. The number of cyclic esters (lactones) is 1. The predicted octanol–water partition coefficient (Wildman–Crippen LogP) is 4.35. The Morgan fingerprint density at radius 1 is 1.04 bits per heavy atom. The van der Waals surface area contributed by atoms with Gasteiger partial charge >= 0.3 is 5.97 Å². The summed E-state index contributed by atoms with van der Waals surface area (Å²) in [4.78, 5) is 17.7. The van der Waals surface area contributed by atoms with E-state index >= 15 is 0 Å². The van der Waals surface area contributed by atoms with Crippen LogP contribution in [0.4, 0.5) is 0 Å². The summed E-state index contributed by atoms with van der Waals surface area (Å²) >= 11 is 0. The van der Waals surface area contributed by atoms with Crippen molar-refractivity contribution in [2.24, 2.45) is 10.9 Å². The van der Waals surface area contributed by atoms with Gasteiger partial charge in [0.2, 0.25) is 5.90 Å². The molecule has 3 nitrogen and oxygen atoms in total. The lowest BCUT2D eigenvalue weighted by atomic mass is 9.72. The Balaban J connectivity index is 2.13. The van der Waals surface area contributed by atoms with Crippen molar-refractivity contribution in [3.8, 4) is 0 Å². The van der Waals surface area contributed by atoms with Crippen LogP contribution < -0.4 is 0 Å². The highest BCUT2D eigenvalue weighted by molar-refractivity contribution is 6.08. The van der Waals surface area contributed by atoms with Crippen LogP contribution in [0.15, 0.2) is 78.3 Å². The van der Waals surface area contributed by atoms with Crippen molar-refractivity contribution in [3.63, 3.8) is 0 Å². The topological polar surface area (TPSA) is 38.7 Å². The van der Waals surface area contributed by atoms with Gasteiger partial charge in [0.05, 0.1) is 0 Å². The number of carbonyl (C=O) groups excluding carboxylic acids is 1. The minimum absolute atomic E-state index is 0.0329. The fraction of sp³-hybridized carbons (Fsp3) is 0.238. The molecule has 3 rings (SSSR count). The van der Waals surface area contributed by atoms with E-state index in [0.29, 0.717) is 5.90 Å². The first kappa shape index (κ1) is 16.2. The summed E-state index contributed by atoms with van der Waals surface area (Å²) in [5.74, 6) is -0.205. The van der Waals surface area contributed by atoms with Gasteiger partial charge in [0.25, 0.3) is 0 Å². The average Bonchev–Trinajstić information content (AvgIpc) is 2.96. The predicted molar refractivity (Wildman–Crippen MR) is 96.0 cm³/mol. The van der Waals surface area contributed by atoms with E-state index in [0.717, 1.165) is 11.1 Å². The summed E-state index contributed by atoms with van der Waals surface area (Å²) in [7, 11) is 0. The Kier molecular flexibility index (Phi) is 4.34. The molecule has 2 aromatic carbocycles. The summed E-state index contributed by atoms with van der Waals surface area (Å²) in [6.45, 7) is 7.96. The molecule has 0 fully saturated rings. The first-order chi connectivity index (χ1) is 11.6. The van der Waals surface area contributed by atoms with Crippen molar-refractivity contribution >= 4 is 11.9 Å². The van der Waals surface area contributed by atoms with Gasteiger partial charge in [-0.3, -0.25) is 0 Å². The molecule has 0 unspecified atom stereocenters. The maximum absolute atomic E-state index is 12.9. The quantitative estimate of drug-likeness (QED) is 0.607. The second kappa shape index (κ2) is 6.44. The van der Waals surface area contributed by atoms with Gasteiger partial charge in [-0.1, -0.05) is 68.5 Å². The van der Waals surface area contributed by atoms with E-state index in [1.807, 2.05) is 74.5 Å². The maximum atomic E-state index is 12.9. The molecule has 1 aliphatic heterocycles. The number of hydrogen-bond acceptors (Lipinski definition) is 3. The third-order valence-electron chi connectivity index (χ3n) is 4.57. The van der Waals surface area contributed by atoms with Crippen LogP contribution in [0, 0.1) is 5.92 Å². The normalized spacial score (nSPS) is 21.3. The summed E-state index contributed by atoms with van der Waals surface area (Å²) < 4.78 is 5.59. The highest BCUT2D eigenvalue weighted by Crippen LogP contribution is 2.43. The van der Waals surface area contributed by atoms with Crippen molar-refractivity contribution in [3.05, 3.63) is 84.4 Å². The number of esters is 1. The zero-order valence-electron chi connectivity index (χ0n) is 14.0. The Labute approximate surface area is 142 Å². The average molecular weight is 319 g/mol. The van der Waals surface area contributed by atoms with E-state index in [1.54, 1.807) is 6.08 Å². The SMILES string of the molecule is C=C[C@H](c1ccccc1)[C@]1(C(C)C)N=C(c2ccccc2)OC1=O. The molecule has 0 saturated heterocycles. The lowest BCUT2D eigenvalue weighted by Gasteiger charge is -2.33. The molecule has 0 amide bonds. The summed E-state index contributed by atoms with van der Waals surface area (Å²) in [5, 5.41) is 0. The number of nitrogens with zero attached hydrogens (tertiary/aromatic N) is 1. The lowest BCUT2D eigenvalue weighted by molar-refractivity contribution is -0.141. The molecule has 0 aromatic heterocycles. The van der Waals surface area contributed by atoms with Crippen molar-refractivity contribution < 1.29 is 9.53 Å². The largest absolute Gasteiger partial charge is 0.405 e. The number of benzene rings is 2. The van der Waals surface area contributed by atoms with Gasteiger partial charge in [-0.2, -0.15) is 0 Å². The van der Waals surface area contributed by atoms with Crippen LogP contribution in [0.3, 0.4) is 0 Å². The van der Waals surface area contributed by atoms with E-state index in [2.05, 4.69) is 6.58 Å².